The lowest BCUT2D eigenvalue weighted by molar-refractivity contribution is -0.00184. The van der Waals surface area contributed by atoms with Gasteiger partial charge in [0.05, 0.1) is 10.9 Å². The van der Waals surface area contributed by atoms with E-state index in [0.29, 0.717) is 24.3 Å². The number of anilines is 1. The summed E-state index contributed by atoms with van der Waals surface area (Å²) in [5, 5.41) is 4.03. The zero-order valence-corrected chi connectivity index (χ0v) is 15.5. The van der Waals surface area contributed by atoms with Crippen LogP contribution < -0.4 is 10.9 Å². The smallest absolute Gasteiger partial charge is 0.273 e. The summed E-state index contributed by atoms with van der Waals surface area (Å²) in [6.45, 7) is 2.45. The van der Waals surface area contributed by atoms with Crippen molar-refractivity contribution in [2.24, 2.45) is 0 Å². The van der Waals surface area contributed by atoms with Gasteiger partial charge in [-0.05, 0) is 37.3 Å². The Morgan fingerprint density at radius 1 is 1.21 bits per heavy atom. The molecule has 1 N–H and O–H groups in total. The maximum Gasteiger partial charge on any atom is 0.273 e. The van der Waals surface area contributed by atoms with Crippen LogP contribution in [0.4, 0.5) is 14.6 Å². The van der Waals surface area contributed by atoms with Gasteiger partial charge in [-0.2, -0.15) is 0 Å². The van der Waals surface area contributed by atoms with E-state index in [2.05, 4.69) is 22.2 Å². The second-order valence-electron chi connectivity index (χ2n) is 8.00. The Morgan fingerprint density at radius 3 is 2.82 bits per heavy atom. The molecule has 1 fully saturated rings. The Balaban J connectivity index is 1.50. The molecule has 2 aromatic heterocycles. The van der Waals surface area contributed by atoms with Gasteiger partial charge >= 0.3 is 0 Å². The summed E-state index contributed by atoms with van der Waals surface area (Å²) in [4.78, 5) is 21.0. The van der Waals surface area contributed by atoms with Crippen LogP contribution in [-0.2, 0) is 24.4 Å². The van der Waals surface area contributed by atoms with Gasteiger partial charge < -0.3 is 9.88 Å². The summed E-state index contributed by atoms with van der Waals surface area (Å²) in [6, 6.07) is 6.60. The van der Waals surface area contributed by atoms with E-state index in [4.69, 9.17) is 0 Å². The number of fused-ring (bicyclic) bond motifs is 2. The maximum atomic E-state index is 14.0. The van der Waals surface area contributed by atoms with Crippen molar-refractivity contribution in [2.75, 3.05) is 5.32 Å². The first kappa shape index (κ1) is 17.3. The molecule has 28 heavy (non-hydrogen) atoms. The van der Waals surface area contributed by atoms with E-state index in [1.165, 1.54) is 18.5 Å². The molecular formula is C21H20F2N4O. The molecule has 144 valence electrons. The van der Waals surface area contributed by atoms with Crippen LogP contribution >= 0.6 is 0 Å². The number of benzene rings is 1. The van der Waals surface area contributed by atoms with Gasteiger partial charge in [0, 0.05) is 36.3 Å². The summed E-state index contributed by atoms with van der Waals surface area (Å²) >= 11 is 0. The molecule has 2 aliphatic rings. The number of hydrogen-bond donors (Lipinski definition) is 1. The molecule has 5 nitrogen and oxygen atoms in total. The number of rotatable bonds is 4. The molecule has 0 saturated heterocycles. The van der Waals surface area contributed by atoms with Crippen molar-refractivity contribution in [1.29, 1.82) is 0 Å². The van der Waals surface area contributed by atoms with Crippen LogP contribution in [0.1, 0.15) is 42.9 Å². The second kappa shape index (κ2) is 5.83. The molecular weight excluding hydrogens is 362 g/mol. The fourth-order valence-electron chi connectivity index (χ4n) is 4.05. The van der Waals surface area contributed by atoms with Crippen LogP contribution in [0.15, 0.2) is 41.6 Å². The third-order valence-electron chi connectivity index (χ3n) is 6.03. The molecule has 0 atom stereocenters. The minimum atomic E-state index is -2.75. The number of nitrogens with zero attached hydrogens (tertiary/aromatic N) is 3. The van der Waals surface area contributed by atoms with Gasteiger partial charge in [0.25, 0.3) is 11.5 Å². The number of alkyl halides is 2. The lowest BCUT2D eigenvalue weighted by Crippen LogP contribution is -2.27. The first-order valence-corrected chi connectivity index (χ1v) is 9.48. The van der Waals surface area contributed by atoms with Gasteiger partial charge in [0.15, 0.2) is 0 Å². The average molecular weight is 382 g/mol. The highest BCUT2D eigenvalue weighted by molar-refractivity contribution is 5.88. The Morgan fingerprint density at radius 2 is 2.04 bits per heavy atom. The number of pyridine rings is 1. The quantitative estimate of drug-likeness (QED) is 0.742. The zero-order chi connectivity index (χ0) is 19.5. The first-order chi connectivity index (χ1) is 13.4. The highest BCUT2D eigenvalue weighted by Crippen LogP contribution is 2.43. The van der Waals surface area contributed by atoms with E-state index in [1.807, 2.05) is 12.3 Å². The van der Waals surface area contributed by atoms with E-state index < -0.39 is 5.92 Å². The standard InChI is InChI=1S/C21H20F2N4O/c1-20(7-8-20)27-11-15-17(9-18(27)28)25-12-26-19(15)24-10-13-3-2-4-16-14(13)5-6-21(16,22)23/h2-4,9,11-12H,5-8,10H2,1H3,(H,24,25,26). The molecule has 0 bridgehead atoms. The fourth-order valence-corrected chi connectivity index (χ4v) is 4.05. The number of aromatic nitrogens is 3. The van der Waals surface area contributed by atoms with Crippen LogP contribution in [0.3, 0.4) is 0 Å². The Kier molecular flexibility index (Phi) is 3.60. The predicted molar refractivity (Wildman–Crippen MR) is 103 cm³/mol. The van der Waals surface area contributed by atoms with E-state index in [1.54, 1.807) is 10.6 Å². The SMILES string of the molecule is CC1(n2cc3c(NCc4cccc5c4CCC5(F)F)ncnc3cc2=O)CC1. The van der Waals surface area contributed by atoms with E-state index in [9.17, 15) is 13.6 Å². The third-order valence-corrected chi connectivity index (χ3v) is 6.03. The molecule has 0 unspecified atom stereocenters. The maximum absolute atomic E-state index is 14.0. The fraction of sp³-hybridized carbons (Fsp3) is 0.381. The number of halogens is 2. The third kappa shape index (κ3) is 2.68. The minimum absolute atomic E-state index is 0.0692. The summed E-state index contributed by atoms with van der Waals surface area (Å²) in [7, 11) is 0. The number of hydrogen-bond acceptors (Lipinski definition) is 4. The van der Waals surface area contributed by atoms with E-state index >= 15 is 0 Å². The summed E-state index contributed by atoms with van der Waals surface area (Å²) in [5.74, 6) is -2.15. The van der Waals surface area contributed by atoms with Crippen LogP contribution in [-0.4, -0.2) is 14.5 Å². The lowest BCUT2D eigenvalue weighted by Gasteiger charge is -2.16. The summed E-state index contributed by atoms with van der Waals surface area (Å²) in [5.41, 5.74) is 2.08. The Hall–Kier alpha value is -2.83. The second-order valence-corrected chi connectivity index (χ2v) is 8.00. The van der Waals surface area contributed by atoms with Gasteiger partial charge in [-0.1, -0.05) is 18.2 Å². The van der Waals surface area contributed by atoms with E-state index in [-0.39, 0.29) is 23.1 Å². The Bertz CT molecular complexity index is 1150. The van der Waals surface area contributed by atoms with Gasteiger partial charge in [0.1, 0.15) is 12.1 Å². The van der Waals surface area contributed by atoms with Gasteiger partial charge in [-0.15, -0.1) is 0 Å². The first-order valence-electron chi connectivity index (χ1n) is 9.48. The molecule has 5 rings (SSSR count). The van der Waals surface area contributed by atoms with E-state index in [0.717, 1.165) is 29.4 Å². The molecule has 2 heterocycles. The number of nitrogens with one attached hydrogen (secondary N) is 1. The van der Waals surface area contributed by atoms with Crippen molar-refractivity contribution in [1.82, 2.24) is 14.5 Å². The molecule has 0 radical (unpaired) electrons. The van der Waals surface area contributed by atoms with Crippen molar-refractivity contribution in [3.8, 4) is 0 Å². The lowest BCUT2D eigenvalue weighted by atomic mass is 10.0. The monoisotopic (exact) mass is 382 g/mol. The van der Waals surface area contributed by atoms with Crippen molar-refractivity contribution in [3.63, 3.8) is 0 Å². The van der Waals surface area contributed by atoms with Crippen molar-refractivity contribution < 1.29 is 8.78 Å². The van der Waals surface area contributed by atoms with Crippen LogP contribution in [0.5, 0.6) is 0 Å². The largest absolute Gasteiger partial charge is 0.365 e. The molecule has 0 amide bonds. The molecule has 7 heteroatoms. The molecule has 1 saturated carbocycles. The van der Waals surface area contributed by atoms with Gasteiger partial charge in [-0.3, -0.25) is 4.79 Å². The molecule has 3 aromatic rings. The van der Waals surface area contributed by atoms with Crippen LogP contribution in [0.2, 0.25) is 0 Å². The predicted octanol–water partition coefficient (Wildman–Crippen LogP) is 3.95. The zero-order valence-electron chi connectivity index (χ0n) is 15.5. The highest BCUT2D eigenvalue weighted by atomic mass is 19.3. The van der Waals surface area contributed by atoms with Crippen molar-refractivity contribution in [2.45, 2.75) is 50.6 Å². The summed E-state index contributed by atoms with van der Waals surface area (Å²) in [6.07, 6.45) is 5.41. The average Bonchev–Trinajstić information content (AvgIpc) is 3.34. The molecule has 0 spiro atoms. The van der Waals surface area contributed by atoms with Crippen molar-refractivity contribution >= 4 is 16.7 Å². The van der Waals surface area contributed by atoms with Crippen molar-refractivity contribution in [3.05, 3.63) is 63.8 Å². The topological polar surface area (TPSA) is 59.8 Å². The molecule has 2 aliphatic carbocycles. The van der Waals surface area contributed by atoms with Crippen LogP contribution in [0.25, 0.3) is 10.9 Å². The van der Waals surface area contributed by atoms with Gasteiger partial charge in [0.2, 0.25) is 0 Å². The van der Waals surface area contributed by atoms with Gasteiger partial charge in [-0.25, -0.2) is 18.7 Å². The molecule has 1 aromatic carbocycles. The Labute approximate surface area is 160 Å². The minimum Gasteiger partial charge on any atom is -0.365 e. The summed E-state index contributed by atoms with van der Waals surface area (Å²) < 4.78 is 29.8. The van der Waals surface area contributed by atoms with Crippen LogP contribution in [0, 0.1) is 0 Å². The molecule has 0 aliphatic heterocycles. The highest BCUT2D eigenvalue weighted by Gasteiger charge is 2.40. The normalized spacial score (nSPS) is 18.8.